The molecule has 1 aromatic rings. The summed E-state index contributed by atoms with van der Waals surface area (Å²) in [4.78, 5) is 24.1. The van der Waals surface area contributed by atoms with Crippen molar-refractivity contribution in [2.24, 2.45) is 0 Å². The molecule has 2 atom stereocenters. The molecule has 0 aromatic heterocycles. The molecule has 0 aliphatic rings. The quantitative estimate of drug-likeness (QED) is 0.846. The van der Waals surface area contributed by atoms with Gasteiger partial charge in [0, 0.05) is 12.1 Å². The molecule has 1 N–H and O–H groups in total. The molecule has 0 heterocycles. The fourth-order valence-corrected chi connectivity index (χ4v) is 2.96. The van der Waals surface area contributed by atoms with Gasteiger partial charge < -0.3 is 10.0 Å². The summed E-state index contributed by atoms with van der Waals surface area (Å²) >= 11 is 5.79. The van der Waals surface area contributed by atoms with Gasteiger partial charge in [0.15, 0.2) is 15.1 Å². The monoisotopic (exact) mass is 347 g/mol. The number of nitrogens with zero attached hydrogens (tertiary/aromatic N) is 1. The van der Waals surface area contributed by atoms with E-state index in [1.807, 2.05) is 0 Å². The molecule has 22 heavy (non-hydrogen) atoms. The smallest absolute Gasteiger partial charge is 0.321 e. The van der Waals surface area contributed by atoms with Crippen LogP contribution in [-0.4, -0.2) is 48.4 Å². The van der Waals surface area contributed by atoms with Crippen LogP contribution in [0.2, 0.25) is 5.02 Å². The van der Waals surface area contributed by atoms with Crippen molar-refractivity contribution in [2.75, 3.05) is 12.8 Å². The minimum Gasteiger partial charge on any atom is -0.480 e. The average Bonchev–Trinajstić information content (AvgIpc) is 2.45. The first-order valence-corrected chi connectivity index (χ1v) is 8.61. The van der Waals surface area contributed by atoms with Crippen LogP contribution in [0.15, 0.2) is 24.3 Å². The zero-order valence-corrected chi connectivity index (χ0v) is 14.1. The molecule has 0 radical (unpaired) electrons. The number of halogens is 1. The molecule has 1 aromatic carbocycles. The Kier molecular flexibility index (Phi) is 5.96. The van der Waals surface area contributed by atoms with Crippen LogP contribution in [-0.2, 0) is 19.4 Å². The summed E-state index contributed by atoms with van der Waals surface area (Å²) in [6.45, 7) is 2.79. The van der Waals surface area contributed by atoms with Gasteiger partial charge in [-0.2, -0.15) is 0 Å². The Morgan fingerprint density at radius 2 is 1.73 bits per heavy atom. The van der Waals surface area contributed by atoms with E-state index in [1.54, 1.807) is 31.2 Å². The SMILES string of the molecule is C[C@H](C(=O)O)S(=O)(=O)CC(=O)N(C)[C@@H](C)c1ccc(Cl)cc1. The van der Waals surface area contributed by atoms with Crippen molar-refractivity contribution >= 4 is 33.3 Å². The predicted molar refractivity (Wildman–Crippen MR) is 83.5 cm³/mol. The van der Waals surface area contributed by atoms with Crippen LogP contribution >= 0.6 is 11.6 Å². The lowest BCUT2D eigenvalue weighted by Crippen LogP contribution is -2.39. The first-order valence-electron chi connectivity index (χ1n) is 6.51. The van der Waals surface area contributed by atoms with E-state index in [-0.39, 0.29) is 6.04 Å². The number of amides is 1. The maximum atomic E-state index is 12.1. The minimum atomic E-state index is -4.04. The van der Waals surface area contributed by atoms with E-state index < -0.39 is 32.7 Å². The van der Waals surface area contributed by atoms with Crippen molar-refractivity contribution < 1.29 is 23.1 Å². The molecule has 1 rings (SSSR count). The fraction of sp³-hybridized carbons (Fsp3) is 0.429. The van der Waals surface area contributed by atoms with E-state index >= 15 is 0 Å². The Morgan fingerprint density at radius 3 is 2.18 bits per heavy atom. The fourth-order valence-electron chi connectivity index (χ4n) is 1.73. The number of carbonyl (C=O) groups is 2. The van der Waals surface area contributed by atoms with Crippen molar-refractivity contribution in [3.8, 4) is 0 Å². The standard InChI is InChI=1S/C14H18ClNO5S/c1-9(11-4-6-12(15)7-5-11)16(3)13(17)8-22(20,21)10(2)14(18)19/h4-7,9-10H,8H2,1-3H3,(H,18,19)/t9-,10+/m0/s1. The Bertz CT molecular complexity index is 656. The van der Waals surface area contributed by atoms with Crippen molar-refractivity contribution in [3.63, 3.8) is 0 Å². The Labute approximate surface area is 134 Å². The van der Waals surface area contributed by atoms with Gasteiger partial charge in [-0.25, -0.2) is 8.42 Å². The summed E-state index contributed by atoms with van der Waals surface area (Å²) in [6, 6.07) is 6.47. The van der Waals surface area contributed by atoms with Gasteiger partial charge in [-0.05, 0) is 31.5 Å². The summed E-state index contributed by atoms with van der Waals surface area (Å²) in [5.41, 5.74) is 0.795. The van der Waals surface area contributed by atoms with Crippen LogP contribution in [0.25, 0.3) is 0 Å². The number of carbonyl (C=O) groups excluding carboxylic acids is 1. The highest BCUT2D eigenvalue weighted by molar-refractivity contribution is 7.93. The van der Waals surface area contributed by atoms with Gasteiger partial charge in [-0.15, -0.1) is 0 Å². The van der Waals surface area contributed by atoms with E-state index in [4.69, 9.17) is 16.7 Å². The van der Waals surface area contributed by atoms with E-state index in [0.717, 1.165) is 12.5 Å². The highest BCUT2D eigenvalue weighted by Gasteiger charge is 2.32. The number of aliphatic carboxylic acids is 1. The van der Waals surface area contributed by atoms with Crippen molar-refractivity contribution in [1.29, 1.82) is 0 Å². The topological polar surface area (TPSA) is 91.7 Å². The number of carboxylic acid groups (broad SMARTS) is 1. The van der Waals surface area contributed by atoms with Crippen LogP contribution in [0.5, 0.6) is 0 Å². The summed E-state index contributed by atoms with van der Waals surface area (Å²) in [5, 5.41) is 7.71. The molecule has 0 fully saturated rings. The zero-order chi connectivity index (χ0) is 17.1. The van der Waals surface area contributed by atoms with Gasteiger partial charge >= 0.3 is 5.97 Å². The van der Waals surface area contributed by atoms with E-state index in [1.165, 1.54) is 11.9 Å². The number of hydrogen-bond donors (Lipinski definition) is 1. The average molecular weight is 348 g/mol. The van der Waals surface area contributed by atoms with Crippen molar-refractivity contribution in [1.82, 2.24) is 4.90 Å². The molecular formula is C14H18ClNO5S. The van der Waals surface area contributed by atoms with Gasteiger partial charge in [0.05, 0.1) is 6.04 Å². The first kappa shape index (κ1) is 18.4. The lowest BCUT2D eigenvalue weighted by atomic mass is 10.1. The number of sulfone groups is 1. The third-order valence-electron chi connectivity index (χ3n) is 3.54. The minimum absolute atomic E-state index is 0.361. The maximum absolute atomic E-state index is 12.1. The summed E-state index contributed by atoms with van der Waals surface area (Å²) < 4.78 is 23.7. The molecule has 0 aliphatic carbocycles. The Morgan fingerprint density at radius 1 is 1.23 bits per heavy atom. The van der Waals surface area contributed by atoms with Crippen LogP contribution in [0, 0.1) is 0 Å². The Hall–Kier alpha value is -1.60. The number of benzene rings is 1. The van der Waals surface area contributed by atoms with E-state index in [0.29, 0.717) is 5.02 Å². The predicted octanol–water partition coefficient (Wildman–Crippen LogP) is 1.75. The third-order valence-corrected chi connectivity index (χ3v) is 5.72. The van der Waals surface area contributed by atoms with Gasteiger partial charge in [-0.3, -0.25) is 9.59 Å². The van der Waals surface area contributed by atoms with Crippen LogP contribution in [0.3, 0.4) is 0 Å². The van der Waals surface area contributed by atoms with Gasteiger partial charge in [0.1, 0.15) is 5.75 Å². The van der Waals surface area contributed by atoms with Gasteiger partial charge in [-0.1, -0.05) is 23.7 Å². The summed E-state index contributed by atoms with van der Waals surface area (Å²) in [7, 11) is -2.56. The van der Waals surface area contributed by atoms with Gasteiger partial charge in [0.2, 0.25) is 5.91 Å². The highest BCUT2D eigenvalue weighted by atomic mass is 35.5. The first-order chi connectivity index (χ1) is 10.1. The zero-order valence-electron chi connectivity index (χ0n) is 12.5. The number of hydrogen-bond acceptors (Lipinski definition) is 4. The molecule has 8 heteroatoms. The van der Waals surface area contributed by atoms with Crippen molar-refractivity contribution in [2.45, 2.75) is 25.1 Å². The summed E-state index contributed by atoms with van der Waals surface area (Å²) in [6.07, 6.45) is 0. The molecule has 0 spiro atoms. The normalized spacial score (nSPS) is 14.2. The van der Waals surface area contributed by atoms with E-state index in [9.17, 15) is 18.0 Å². The van der Waals surface area contributed by atoms with Crippen molar-refractivity contribution in [3.05, 3.63) is 34.9 Å². The summed E-state index contributed by atoms with van der Waals surface area (Å²) in [5.74, 6) is -2.97. The lowest BCUT2D eigenvalue weighted by molar-refractivity contribution is -0.136. The van der Waals surface area contributed by atoms with Crippen LogP contribution < -0.4 is 0 Å². The largest absolute Gasteiger partial charge is 0.480 e. The highest BCUT2D eigenvalue weighted by Crippen LogP contribution is 2.21. The van der Waals surface area contributed by atoms with Crippen LogP contribution in [0.4, 0.5) is 0 Å². The number of rotatable bonds is 6. The molecular weight excluding hydrogens is 330 g/mol. The molecule has 0 bridgehead atoms. The number of carboxylic acids is 1. The molecule has 0 saturated carbocycles. The molecule has 1 amide bonds. The Balaban J connectivity index is 2.85. The van der Waals surface area contributed by atoms with Crippen LogP contribution in [0.1, 0.15) is 25.5 Å². The second-order valence-corrected chi connectivity index (χ2v) is 7.78. The molecule has 0 unspecified atom stereocenters. The maximum Gasteiger partial charge on any atom is 0.321 e. The third kappa shape index (κ3) is 4.45. The molecule has 6 nitrogen and oxygen atoms in total. The molecule has 0 saturated heterocycles. The van der Waals surface area contributed by atoms with Gasteiger partial charge in [0.25, 0.3) is 0 Å². The lowest BCUT2D eigenvalue weighted by Gasteiger charge is -2.25. The molecule has 122 valence electrons. The second kappa shape index (κ2) is 7.11. The molecule has 0 aliphatic heterocycles. The second-order valence-electron chi connectivity index (χ2n) is 5.02. The van der Waals surface area contributed by atoms with E-state index in [2.05, 4.69) is 0 Å².